The monoisotopic (exact) mass is 168 g/mol. The zero-order valence-electron chi connectivity index (χ0n) is 7.26. The van der Waals surface area contributed by atoms with Crippen molar-refractivity contribution < 1.29 is 13.2 Å². The molecule has 0 aliphatic rings. The van der Waals surface area contributed by atoms with Crippen molar-refractivity contribution in [1.82, 2.24) is 0 Å². The Hall–Kier alpha value is -0.210. The van der Waals surface area contributed by atoms with Crippen LogP contribution in [0, 0.1) is 5.41 Å². The fraction of sp³-hybridized carbons (Fsp3) is 1.00. The maximum atomic E-state index is 11.9. The van der Waals surface area contributed by atoms with Crippen LogP contribution in [0.1, 0.15) is 40.0 Å². The molecule has 0 aliphatic heterocycles. The Kier molecular flexibility index (Phi) is 3.39. The summed E-state index contributed by atoms with van der Waals surface area (Å²) < 4.78 is 35.6. The summed E-state index contributed by atoms with van der Waals surface area (Å²) in [6, 6.07) is 0. The van der Waals surface area contributed by atoms with Gasteiger partial charge in [-0.1, -0.05) is 27.2 Å². The van der Waals surface area contributed by atoms with Gasteiger partial charge in [-0.05, 0) is 11.8 Å². The molecule has 0 aromatic rings. The van der Waals surface area contributed by atoms with Gasteiger partial charge in [0.05, 0.1) is 0 Å². The summed E-state index contributed by atoms with van der Waals surface area (Å²) in [5.74, 6) is 0. The van der Waals surface area contributed by atoms with E-state index in [1.165, 1.54) is 0 Å². The van der Waals surface area contributed by atoms with Crippen molar-refractivity contribution in [2.75, 3.05) is 0 Å². The van der Waals surface area contributed by atoms with Crippen LogP contribution >= 0.6 is 0 Å². The lowest BCUT2D eigenvalue weighted by atomic mass is 9.84. The minimum atomic E-state index is -4.02. The third kappa shape index (κ3) is 6.20. The molecule has 0 unspecified atom stereocenters. The Morgan fingerprint density at radius 3 is 1.82 bits per heavy atom. The topological polar surface area (TPSA) is 0 Å². The first kappa shape index (κ1) is 10.8. The van der Waals surface area contributed by atoms with E-state index in [2.05, 4.69) is 0 Å². The van der Waals surface area contributed by atoms with Crippen LogP contribution in [0.15, 0.2) is 0 Å². The lowest BCUT2D eigenvalue weighted by molar-refractivity contribution is -0.155. The fourth-order valence-corrected chi connectivity index (χ4v) is 1.31. The quantitative estimate of drug-likeness (QED) is 0.601. The van der Waals surface area contributed by atoms with Gasteiger partial charge >= 0.3 is 6.18 Å². The summed E-state index contributed by atoms with van der Waals surface area (Å²) in [4.78, 5) is 0. The van der Waals surface area contributed by atoms with Gasteiger partial charge < -0.3 is 0 Å². The van der Waals surface area contributed by atoms with Gasteiger partial charge in [-0.2, -0.15) is 13.2 Å². The average Bonchev–Trinajstić information content (AvgIpc) is 1.55. The lowest BCUT2D eigenvalue weighted by Crippen LogP contribution is -2.21. The number of hydrogen-bond donors (Lipinski definition) is 0. The van der Waals surface area contributed by atoms with E-state index >= 15 is 0 Å². The maximum absolute atomic E-state index is 11.9. The average molecular weight is 168 g/mol. The molecule has 11 heavy (non-hydrogen) atoms. The van der Waals surface area contributed by atoms with E-state index in [9.17, 15) is 13.2 Å². The molecule has 68 valence electrons. The predicted octanol–water partition coefficient (Wildman–Crippen LogP) is 3.77. The predicted molar refractivity (Wildman–Crippen MR) is 39.4 cm³/mol. The molecule has 0 bridgehead atoms. The standard InChI is InChI=1S/C8H15F3/c1-4-5-7(2,3)6-8(9,10)11/h4-6H2,1-3H3. The van der Waals surface area contributed by atoms with Gasteiger partial charge in [-0.15, -0.1) is 0 Å². The van der Waals surface area contributed by atoms with Crippen LogP contribution in [0.4, 0.5) is 13.2 Å². The molecule has 0 atom stereocenters. The molecule has 0 nitrogen and oxygen atoms in total. The molecule has 0 radical (unpaired) electrons. The second-order valence-corrected chi connectivity index (χ2v) is 3.71. The molecule has 0 aromatic heterocycles. The molecule has 0 aromatic carbocycles. The maximum Gasteiger partial charge on any atom is 0.389 e. The minimum Gasteiger partial charge on any atom is -0.171 e. The number of rotatable bonds is 3. The number of hydrogen-bond acceptors (Lipinski definition) is 0. The summed E-state index contributed by atoms with van der Waals surface area (Å²) in [5.41, 5.74) is -0.590. The number of halogens is 3. The molecular weight excluding hydrogens is 153 g/mol. The summed E-state index contributed by atoms with van der Waals surface area (Å²) >= 11 is 0. The van der Waals surface area contributed by atoms with Gasteiger partial charge in [0.25, 0.3) is 0 Å². The van der Waals surface area contributed by atoms with Crippen LogP contribution < -0.4 is 0 Å². The summed E-state index contributed by atoms with van der Waals surface area (Å²) in [6.45, 7) is 5.21. The Bertz CT molecular complexity index is 113. The molecule has 0 heterocycles. The van der Waals surface area contributed by atoms with Crippen LogP contribution in [0.3, 0.4) is 0 Å². The first-order valence-electron chi connectivity index (χ1n) is 3.83. The number of alkyl halides is 3. The third-order valence-electron chi connectivity index (χ3n) is 1.61. The van der Waals surface area contributed by atoms with Crippen LogP contribution in [0.2, 0.25) is 0 Å². The molecule has 0 spiro atoms. The van der Waals surface area contributed by atoms with Crippen molar-refractivity contribution in [3.63, 3.8) is 0 Å². The van der Waals surface area contributed by atoms with Crippen molar-refractivity contribution in [2.24, 2.45) is 5.41 Å². The minimum absolute atomic E-state index is 0.590. The van der Waals surface area contributed by atoms with Gasteiger partial charge in [0.1, 0.15) is 0 Å². The lowest BCUT2D eigenvalue weighted by Gasteiger charge is -2.24. The molecule has 0 saturated carbocycles. The summed E-state index contributed by atoms with van der Waals surface area (Å²) in [6.07, 6.45) is -3.25. The van der Waals surface area contributed by atoms with Gasteiger partial charge in [0.2, 0.25) is 0 Å². The van der Waals surface area contributed by atoms with E-state index in [-0.39, 0.29) is 0 Å². The Morgan fingerprint density at radius 2 is 1.55 bits per heavy atom. The largest absolute Gasteiger partial charge is 0.389 e. The first-order chi connectivity index (χ1) is 4.77. The zero-order chi connectivity index (χ0) is 9.12. The Labute approximate surface area is 65.8 Å². The summed E-state index contributed by atoms with van der Waals surface area (Å²) in [7, 11) is 0. The smallest absolute Gasteiger partial charge is 0.171 e. The van der Waals surface area contributed by atoms with E-state index < -0.39 is 18.0 Å². The van der Waals surface area contributed by atoms with Crippen LogP contribution in [0.25, 0.3) is 0 Å². The Balaban J connectivity index is 3.91. The first-order valence-corrected chi connectivity index (χ1v) is 3.83. The zero-order valence-corrected chi connectivity index (χ0v) is 7.26. The highest BCUT2D eigenvalue weighted by atomic mass is 19.4. The van der Waals surface area contributed by atoms with Crippen LogP contribution in [-0.2, 0) is 0 Å². The molecule has 0 fully saturated rings. The van der Waals surface area contributed by atoms with E-state index in [4.69, 9.17) is 0 Å². The van der Waals surface area contributed by atoms with Gasteiger partial charge in [0.15, 0.2) is 0 Å². The molecule has 0 aliphatic carbocycles. The Morgan fingerprint density at radius 1 is 1.09 bits per heavy atom. The molecule has 3 heteroatoms. The van der Waals surface area contributed by atoms with E-state index in [0.29, 0.717) is 6.42 Å². The molecule has 0 amide bonds. The van der Waals surface area contributed by atoms with Crippen molar-refractivity contribution >= 4 is 0 Å². The fourth-order valence-electron chi connectivity index (χ4n) is 1.31. The van der Waals surface area contributed by atoms with Crippen molar-refractivity contribution in [1.29, 1.82) is 0 Å². The van der Waals surface area contributed by atoms with E-state index in [0.717, 1.165) is 6.42 Å². The van der Waals surface area contributed by atoms with Gasteiger partial charge in [0, 0.05) is 6.42 Å². The van der Waals surface area contributed by atoms with Crippen LogP contribution in [0.5, 0.6) is 0 Å². The molecule has 0 saturated heterocycles. The second kappa shape index (κ2) is 3.46. The molecule has 0 N–H and O–H groups in total. The van der Waals surface area contributed by atoms with E-state index in [1.807, 2.05) is 6.92 Å². The highest BCUT2D eigenvalue weighted by Crippen LogP contribution is 2.36. The third-order valence-corrected chi connectivity index (χ3v) is 1.61. The highest BCUT2D eigenvalue weighted by molar-refractivity contribution is 4.71. The highest BCUT2D eigenvalue weighted by Gasteiger charge is 2.35. The van der Waals surface area contributed by atoms with E-state index in [1.54, 1.807) is 13.8 Å². The SMILES string of the molecule is CCCC(C)(C)CC(F)(F)F. The van der Waals surface area contributed by atoms with Gasteiger partial charge in [-0.25, -0.2) is 0 Å². The molecular formula is C8H15F3. The van der Waals surface area contributed by atoms with Crippen molar-refractivity contribution in [3.05, 3.63) is 0 Å². The molecule has 0 rings (SSSR count). The van der Waals surface area contributed by atoms with Gasteiger partial charge in [-0.3, -0.25) is 0 Å². The second-order valence-electron chi connectivity index (χ2n) is 3.71. The van der Waals surface area contributed by atoms with Crippen molar-refractivity contribution in [2.45, 2.75) is 46.2 Å². The summed E-state index contributed by atoms with van der Waals surface area (Å²) in [5, 5.41) is 0. The van der Waals surface area contributed by atoms with Crippen molar-refractivity contribution in [3.8, 4) is 0 Å². The van der Waals surface area contributed by atoms with Crippen LogP contribution in [-0.4, -0.2) is 6.18 Å². The normalized spacial score (nSPS) is 13.6.